The van der Waals surface area contributed by atoms with E-state index in [0.29, 0.717) is 21.5 Å². The Balaban J connectivity index is 1.67. The number of hydrogen-bond donors (Lipinski definition) is 2. The number of aromatic carboxylic acids is 1. The molecule has 2 aromatic rings. The average Bonchev–Trinajstić information content (AvgIpc) is 3.18. The van der Waals surface area contributed by atoms with Gasteiger partial charge in [0.25, 0.3) is 5.91 Å². The van der Waals surface area contributed by atoms with Crippen LogP contribution in [0.1, 0.15) is 50.4 Å². The van der Waals surface area contributed by atoms with E-state index in [2.05, 4.69) is 5.32 Å². The van der Waals surface area contributed by atoms with Gasteiger partial charge in [0.15, 0.2) is 0 Å². The summed E-state index contributed by atoms with van der Waals surface area (Å²) in [5, 5.41) is 12.9. The third-order valence-corrected chi connectivity index (χ3v) is 6.11. The van der Waals surface area contributed by atoms with E-state index in [1.807, 2.05) is 6.07 Å². The second kappa shape index (κ2) is 5.20. The Hall–Kier alpha value is -2.14. The van der Waals surface area contributed by atoms with Gasteiger partial charge in [-0.15, -0.1) is 11.3 Å². The van der Waals surface area contributed by atoms with Gasteiger partial charge in [0, 0.05) is 10.4 Å². The molecule has 1 saturated carbocycles. The van der Waals surface area contributed by atoms with Crippen LogP contribution in [0.4, 0.5) is 5.00 Å². The summed E-state index contributed by atoms with van der Waals surface area (Å²) < 4.78 is 0. The van der Waals surface area contributed by atoms with Crippen molar-refractivity contribution < 1.29 is 14.7 Å². The molecule has 0 bridgehead atoms. The first-order valence-corrected chi connectivity index (χ1v) is 8.64. The van der Waals surface area contributed by atoms with E-state index >= 15 is 0 Å². The molecule has 5 heteroatoms. The van der Waals surface area contributed by atoms with Gasteiger partial charge in [-0.25, -0.2) is 4.79 Å². The lowest BCUT2D eigenvalue weighted by Crippen LogP contribution is -2.16. The minimum absolute atomic E-state index is 0.257. The number of thiophene rings is 1. The summed E-state index contributed by atoms with van der Waals surface area (Å²) in [4.78, 5) is 25.2. The fourth-order valence-electron chi connectivity index (χ4n) is 3.42. The van der Waals surface area contributed by atoms with Crippen LogP contribution in [0.5, 0.6) is 0 Å². The molecule has 4 rings (SSSR count). The quantitative estimate of drug-likeness (QED) is 0.896. The van der Waals surface area contributed by atoms with Gasteiger partial charge in [-0.3, -0.25) is 4.79 Å². The number of carbonyl (C=O) groups is 2. The van der Waals surface area contributed by atoms with Crippen molar-refractivity contribution in [2.45, 2.75) is 32.1 Å². The van der Waals surface area contributed by atoms with Crippen molar-refractivity contribution in [1.29, 1.82) is 0 Å². The fourth-order valence-corrected chi connectivity index (χ4v) is 4.83. The lowest BCUT2D eigenvalue weighted by Gasteiger charge is -2.21. The Morgan fingerprint density at radius 3 is 2.52 bits per heavy atom. The molecule has 2 aliphatic rings. The molecular formula is C18H17NO3S. The van der Waals surface area contributed by atoms with E-state index in [-0.39, 0.29) is 5.91 Å². The number of carboxylic acid groups (broad SMARTS) is 1. The van der Waals surface area contributed by atoms with Gasteiger partial charge in [-0.05, 0) is 55.2 Å². The van der Waals surface area contributed by atoms with Crippen LogP contribution in [-0.4, -0.2) is 17.0 Å². The van der Waals surface area contributed by atoms with Crippen molar-refractivity contribution in [3.63, 3.8) is 0 Å². The van der Waals surface area contributed by atoms with Crippen molar-refractivity contribution in [3.05, 3.63) is 51.9 Å². The molecule has 1 amide bonds. The Morgan fingerprint density at radius 1 is 1.13 bits per heavy atom. The molecule has 23 heavy (non-hydrogen) atoms. The molecule has 118 valence electrons. The predicted octanol–water partition coefficient (Wildman–Crippen LogP) is 3.97. The summed E-state index contributed by atoms with van der Waals surface area (Å²) in [6.07, 6.45) is 5.35. The van der Waals surface area contributed by atoms with Gasteiger partial charge in [0.1, 0.15) is 5.00 Å². The minimum Gasteiger partial charge on any atom is -0.478 e. The molecule has 1 aromatic heterocycles. The maximum absolute atomic E-state index is 12.3. The Kier molecular flexibility index (Phi) is 3.27. The molecule has 0 unspecified atom stereocenters. The van der Waals surface area contributed by atoms with Crippen molar-refractivity contribution in [2.75, 3.05) is 5.32 Å². The Bertz CT molecular complexity index is 790. The minimum atomic E-state index is -0.947. The van der Waals surface area contributed by atoms with Crippen LogP contribution in [0.25, 0.3) is 0 Å². The van der Waals surface area contributed by atoms with E-state index in [0.717, 1.165) is 29.7 Å². The lowest BCUT2D eigenvalue weighted by molar-refractivity contribution is 0.0697. The summed E-state index contributed by atoms with van der Waals surface area (Å²) in [6, 6.07) is 8.88. The van der Waals surface area contributed by atoms with Gasteiger partial charge in [-0.2, -0.15) is 0 Å². The van der Waals surface area contributed by atoms with Crippen LogP contribution < -0.4 is 5.32 Å². The number of anilines is 1. The summed E-state index contributed by atoms with van der Waals surface area (Å²) >= 11 is 1.44. The number of amides is 1. The van der Waals surface area contributed by atoms with Crippen LogP contribution in [0, 0.1) is 5.41 Å². The SMILES string of the molecule is O=C(Nc1sc2c(c1C(=O)O)CCC1(CC1)C2)c1ccccc1. The highest BCUT2D eigenvalue weighted by atomic mass is 32.1. The Labute approximate surface area is 138 Å². The zero-order chi connectivity index (χ0) is 16.0. The van der Waals surface area contributed by atoms with Gasteiger partial charge in [0.05, 0.1) is 5.56 Å². The third-order valence-electron chi connectivity index (χ3n) is 4.97. The largest absolute Gasteiger partial charge is 0.478 e. The molecule has 4 nitrogen and oxygen atoms in total. The molecule has 2 aliphatic carbocycles. The molecule has 1 heterocycles. The number of carbonyl (C=O) groups excluding carboxylic acids is 1. The number of fused-ring (bicyclic) bond motifs is 1. The van der Waals surface area contributed by atoms with Crippen LogP contribution in [0.3, 0.4) is 0 Å². The number of nitrogens with one attached hydrogen (secondary N) is 1. The van der Waals surface area contributed by atoms with Crippen molar-refractivity contribution >= 4 is 28.2 Å². The maximum atomic E-state index is 12.3. The van der Waals surface area contributed by atoms with Gasteiger partial charge in [0.2, 0.25) is 0 Å². The number of benzene rings is 1. The van der Waals surface area contributed by atoms with E-state index in [4.69, 9.17) is 0 Å². The van der Waals surface area contributed by atoms with Gasteiger partial charge >= 0.3 is 5.97 Å². The summed E-state index contributed by atoms with van der Waals surface area (Å²) in [5.74, 6) is -1.20. The van der Waals surface area contributed by atoms with Crippen LogP contribution in [0.2, 0.25) is 0 Å². The highest BCUT2D eigenvalue weighted by Crippen LogP contribution is 2.57. The monoisotopic (exact) mass is 327 g/mol. The summed E-state index contributed by atoms with van der Waals surface area (Å²) in [5.41, 5.74) is 2.19. The van der Waals surface area contributed by atoms with Crippen molar-refractivity contribution in [1.82, 2.24) is 0 Å². The fraction of sp³-hybridized carbons (Fsp3) is 0.333. The molecule has 0 radical (unpaired) electrons. The predicted molar refractivity (Wildman–Crippen MR) is 89.4 cm³/mol. The zero-order valence-corrected chi connectivity index (χ0v) is 13.4. The third kappa shape index (κ3) is 2.55. The first-order valence-electron chi connectivity index (χ1n) is 7.82. The lowest BCUT2D eigenvalue weighted by atomic mass is 9.85. The highest BCUT2D eigenvalue weighted by molar-refractivity contribution is 7.17. The van der Waals surface area contributed by atoms with E-state index in [1.165, 1.54) is 24.2 Å². The molecule has 2 N–H and O–H groups in total. The van der Waals surface area contributed by atoms with Gasteiger partial charge in [-0.1, -0.05) is 18.2 Å². The van der Waals surface area contributed by atoms with Crippen LogP contribution in [-0.2, 0) is 12.8 Å². The molecule has 1 aromatic carbocycles. The van der Waals surface area contributed by atoms with Crippen molar-refractivity contribution in [3.8, 4) is 0 Å². The number of hydrogen-bond acceptors (Lipinski definition) is 3. The smallest absolute Gasteiger partial charge is 0.339 e. The first kappa shape index (κ1) is 14.5. The number of carboxylic acids is 1. The zero-order valence-electron chi connectivity index (χ0n) is 12.6. The molecule has 1 spiro atoms. The average molecular weight is 327 g/mol. The second-order valence-electron chi connectivity index (χ2n) is 6.51. The van der Waals surface area contributed by atoms with E-state index < -0.39 is 5.97 Å². The normalized spacial score (nSPS) is 17.6. The standard InChI is InChI=1S/C18H17NO3S/c20-15(11-4-2-1-3-5-11)19-16-14(17(21)22)12-6-7-18(8-9-18)10-13(12)23-16/h1-5H,6-10H2,(H,19,20)(H,21,22). The molecular weight excluding hydrogens is 310 g/mol. The summed E-state index contributed by atoms with van der Waals surface area (Å²) in [7, 11) is 0. The maximum Gasteiger partial charge on any atom is 0.339 e. The Morgan fingerprint density at radius 2 is 1.87 bits per heavy atom. The van der Waals surface area contributed by atoms with Gasteiger partial charge < -0.3 is 10.4 Å². The molecule has 0 atom stereocenters. The van der Waals surface area contributed by atoms with Crippen molar-refractivity contribution in [2.24, 2.45) is 5.41 Å². The van der Waals surface area contributed by atoms with Crippen LogP contribution in [0.15, 0.2) is 30.3 Å². The van der Waals surface area contributed by atoms with Crippen LogP contribution >= 0.6 is 11.3 Å². The first-order chi connectivity index (χ1) is 11.1. The highest BCUT2D eigenvalue weighted by Gasteiger charge is 2.46. The van der Waals surface area contributed by atoms with E-state index in [1.54, 1.807) is 24.3 Å². The van der Waals surface area contributed by atoms with E-state index in [9.17, 15) is 14.7 Å². The molecule has 0 aliphatic heterocycles. The molecule has 1 fully saturated rings. The number of rotatable bonds is 3. The topological polar surface area (TPSA) is 66.4 Å². The second-order valence-corrected chi connectivity index (χ2v) is 7.62. The molecule has 0 saturated heterocycles. The summed E-state index contributed by atoms with van der Waals surface area (Å²) in [6.45, 7) is 0.